The first-order chi connectivity index (χ1) is 13.9. The van der Waals surface area contributed by atoms with Gasteiger partial charge in [0.15, 0.2) is 5.13 Å². The summed E-state index contributed by atoms with van der Waals surface area (Å²) >= 11 is 8.81. The van der Waals surface area contributed by atoms with Crippen LogP contribution in [-0.2, 0) is 14.8 Å². The number of thiophene rings is 1. The molecule has 152 valence electrons. The summed E-state index contributed by atoms with van der Waals surface area (Å²) in [6, 6.07) is 10.0. The van der Waals surface area contributed by atoms with Gasteiger partial charge in [0.25, 0.3) is 0 Å². The van der Waals surface area contributed by atoms with Crippen molar-refractivity contribution in [2.75, 3.05) is 18.4 Å². The number of carbonyl (C=O) groups is 1. The highest BCUT2D eigenvalue weighted by molar-refractivity contribution is 7.89. The number of sulfonamides is 1. The molecule has 0 aliphatic carbocycles. The Morgan fingerprint density at radius 1 is 1.21 bits per heavy atom. The predicted molar refractivity (Wildman–Crippen MR) is 117 cm³/mol. The maximum atomic E-state index is 12.9. The number of thiazole rings is 1. The van der Waals surface area contributed by atoms with Gasteiger partial charge in [0.1, 0.15) is 0 Å². The first kappa shape index (κ1) is 20.5. The maximum absolute atomic E-state index is 12.9. The van der Waals surface area contributed by atoms with Crippen molar-refractivity contribution in [2.24, 2.45) is 5.92 Å². The second kappa shape index (κ2) is 8.53. The fourth-order valence-electron chi connectivity index (χ4n) is 3.21. The number of carbonyl (C=O) groups excluding carboxylic acids is 1. The van der Waals surface area contributed by atoms with E-state index in [9.17, 15) is 13.2 Å². The molecule has 1 saturated heterocycles. The van der Waals surface area contributed by atoms with Crippen LogP contribution in [0.2, 0.25) is 5.02 Å². The van der Waals surface area contributed by atoms with Crippen LogP contribution in [0.1, 0.15) is 12.8 Å². The van der Waals surface area contributed by atoms with E-state index in [1.54, 1.807) is 23.5 Å². The summed E-state index contributed by atoms with van der Waals surface area (Å²) in [7, 11) is -3.66. The highest BCUT2D eigenvalue weighted by Crippen LogP contribution is 2.30. The van der Waals surface area contributed by atoms with Gasteiger partial charge in [0, 0.05) is 23.5 Å². The Labute approximate surface area is 182 Å². The average molecular weight is 468 g/mol. The van der Waals surface area contributed by atoms with Gasteiger partial charge < -0.3 is 5.32 Å². The summed E-state index contributed by atoms with van der Waals surface area (Å²) in [6.45, 7) is 0.550. The molecule has 1 N–H and O–H groups in total. The Morgan fingerprint density at radius 2 is 2.00 bits per heavy atom. The van der Waals surface area contributed by atoms with Gasteiger partial charge in [0.05, 0.1) is 21.4 Å². The van der Waals surface area contributed by atoms with E-state index in [1.165, 1.54) is 27.8 Å². The molecule has 1 amide bonds. The van der Waals surface area contributed by atoms with E-state index in [4.69, 9.17) is 11.6 Å². The largest absolute Gasteiger partial charge is 0.302 e. The summed E-state index contributed by atoms with van der Waals surface area (Å²) < 4.78 is 27.2. The van der Waals surface area contributed by atoms with Gasteiger partial charge in [-0.1, -0.05) is 17.7 Å². The van der Waals surface area contributed by atoms with Gasteiger partial charge in [-0.3, -0.25) is 4.79 Å². The fraction of sp³-hybridized carbons (Fsp3) is 0.263. The molecule has 3 heterocycles. The molecule has 0 saturated carbocycles. The molecule has 4 rings (SSSR count). The van der Waals surface area contributed by atoms with Crippen LogP contribution in [-0.4, -0.2) is 36.7 Å². The van der Waals surface area contributed by atoms with Crippen molar-refractivity contribution in [1.29, 1.82) is 0 Å². The van der Waals surface area contributed by atoms with Crippen LogP contribution < -0.4 is 5.32 Å². The van der Waals surface area contributed by atoms with Gasteiger partial charge in [-0.15, -0.1) is 22.7 Å². The molecule has 6 nitrogen and oxygen atoms in total. The number of benzene rings is 1. The Kier molecular flexibility index (Phi) is 6.03. The number of halogens is 1. The van der Waals surface area contributed by atoms with Gasteiger partial charge >= 0.3 is 0 Å². The van der Waals surface area contributed by atoms with Gasteiger partial charge in [-0.2, -0.15) is 4.31 Å². The van der Waals surface area contributed by atoms with Crippen LogP contribution in [0, 0.1) is 5.92 Å². The van der Waals surface area contributed by atoms with Crippen LogP contribution in [0.25, 0.3) is 10.6 Å². The number of anilines is 1. The van der Waals surface area contributed by atoms with Gasteiger partial charge in [0.2, 0.25) is 15.9 Å². The number of aromatic nitrogens is 1. The number of rotatable bonds is 5. The molecule has 0 radical (unpaired) electrons. The second-order valence-corrected chi connectivity index (χ2v) is 10.8. The zero-order valence-corrected chi connectivity index (χ0v) is 18.5. The van der Waals surface area contributed by atoms with E-state index in [-0.39, 0.29) is 17.3 Å². The van der Waals surface area contributed by atoms with E-state index < -0.39 is 15.9 Å². The average Bonchev–Trinajstić information content (AvgIpc) is 3.40. The standard InChI is InChI=1S/C19H18ClN3O3S3/c20-14-5-7-15(8-6-14)29(25,26)23-9-1-3-13(11-23)18(24)22-19-21-16(12-28-19)17-4-2-10-27-17/h2,4-8,10,12-13H,1,3,9,11H2,(H,21,22,24). The molecule has 0 bridgehead atoms. The molecular weight excluding hydrogens is 450 g/mol. The van der Waals surface area contributed by atoms with Crippen LogP contribution in [0.15, 0.2) is 52.1 Å². The molecule has 1 aliphatic heterocycles. The van der Waals surface area contributed by atoms with Gasteiger partial charge in [-0.25, -0.2) is 13.4 Å². The minimum atomic E-state index is -3.66. The van der Waals surface area contributed by atoms with Crippen molar-refractivity contribution in [3.63, 3.8) is 0 Å². The highest BCUT2D eigenvalue weighted by Gasteiger charge is 2.33. The van der Waals surface area contributed by atoms with Crippen molar-refractivity contribution < 1.29 is 13.2 Å². The van der Waals surface area contributed by atoms with E-state index in [0.717, 1.165) is 10.6 Å². The first-order valence-electron chi connectivity index (χ1n) is 8.99. The fourth-order valence-corrected chi connectivity index (χ4v) is 6.33. The number of amides is 1. The number of nitrogens with zero attached hydrogens (tertiary/aromatic N) is 2. The first-order valence-corrected chi connectivity index (χ1v) is 12.6. The van der Waals surface area contributed by atoms with Crippen LogP contribution >= 0.6 is 34.3 Å². The summed E-state index contributed by atoms with van der Waals surface area (Å²) in [6.07, 6.45) is 1.27. The maximum Gasteiger partial charge on any atom is 0.243 e. The third-order valence-electron chi connectivity index (χ3n) is 4.71. The molecule has 1 fully saturated rings. The third-order valence-corrected chi connectivity index (χ3v) is 8.50. The summed E-state index contributed by atoms with van der Waals surface area (Å²) in [4.78, 5) is 18.4. The molecular formula is C19H18ClN3O3S3. The molecule has 0 spiro atoms. The highest BCUT2D eigenvalue weighted by atomic mass is 35.5. The number of piperidine rings is 1. The van der Waals surface area contributed by atoms with Crippen LogP contribution in [0.4, 0.5) is 5.13 Å². The molecule has 29 heavy (non-hydrogen) atoms. The van der Waals surface area contributed by atoms with Crippen molar-refractivity contribution in [2.45, 2.75) is 17.7 Å². The van der Waals surface area contributed by atoms with Crippen LogP contribution in [0.5, 0.6) is 0 Å². The van der Waals surface area contributed by atoms with E-state index in [0.29, 0.717) is 29.5 Å². The van der Waals surface area contributed by atoms with Crippen LogP contribution in [0.3, 0.4) is 0 Å². The Bertz CT molecular complexity index is 1100. The van der Waals surface area contributed by atoms with E-state index in [1.807, 2.05) is 22.9 Å². The monoisotopic (exact) mass is 467 g/mol. The molecule has 1 aromatic carbocycles. The lowest BCUT2D eigenvalue weighted by atomic mass is 9.99. The third kappa shape index (κ3) is 4.54. The lowest BCUT2D eigenvalue weighted by molar-refractivity contribution is -0.120. The lowest BCUT2D eigenvalue weighted by Gasteiger charge is -2.31. The number of hydrogen-bond acceptors (Lipinski definition) is 6. The molecule has 10 heteroatoms. The van der Waals surface area contributed by atoms with Crippen molar-refractivity contribution in [3.8, 4) is 10.6 Å². The Morgan fingerprint density at radius 3 is 2.72 bits per heavy atom. The van der Waals surface area contributed by atoms with E-state index in [2.05, 4.69) is 10.3 Å². The molecule has 2 aromatic heterocycles. The van der Waals surface area contributed by atoms with Crippen molar-refractivity contribution in [1.82, 2.24) is 9.29 Å². The van der Waals surface area contributed by atoms with Gasteiger partial charge in [-0.05, 0) is 48.6 Å². The quantitative estimate of drug-likeness (QED) is 0.596. The minimum absolute atomic E-state index is 0.153. The van der Waals surface area contributed by atoms with Crippen molar-refractivity contribution in [3.05, 3.63) is 52.2 Å². The molecule has 3 aromatic rings. The normalized spacial score (nSPS) is 17.9. The number of hydrogen-bond donors (Lipinski definition) is 1. The zero-order valence-electron chi connectivity index (χ0n) is 15.2. The summed E-state index contributed by atoms with van der Waals surface area (Å²) in [5.41, 5.74) is 0.830. The number of nitrogens with one attached hydrogen (secondary N) is 1. The molecule has 1 aliphatic rings. The zero-order chi connectivity index (χ0) is 20.4. The van der Waals surface area contributed by atoms with Crippen molar-refractivity contribution >= 4 is 55.3 Å². The smallest absolute Gasteiger partial charge is 0.243 e. The Hall–Kier alpha value is -1.78. The lowest BCUT2D eigenvalue weighted by Crippen LogP contribution is -2.43. The molecule has 1 unspecified atom stereocenters. The second-order valence-electron chi connectivity index (χ2n) is 6.66. The van der Waals surface area contributed by atoms with E-state index >= 15 is 0 Å². The topological polar surface area (TPSA) is 79.4 Å². The SMILES string of the molecule is O=C(Nc1nc(-c2cccs2)cs1)C1CCCN(S(=O)(=O)c2ccc(Cl)cc2)C1. The summed E-state index contributed by atoms with van der Waals surface area (Å²) in [5, 5.41) is 7.73. The molecule has 1 atom stereocenters. The summed E-state index contributed by atoms with van der Waals surface area (Å²) in [5.74, 6) is -0.618. The minimum Gasteiger partial charge on any atom is -0.302 e. The Balaban J connectivity index is 1.44. The predicted octanol–water partition coefficient (Wildman–Crippen LogP) is 4.56.